The van der Waals surface area contributed by atoms with Crippen LogP contribution in [0.4, 0.5) is 0 Å². The molecule has 1 N–H and O–H groups in total. The molecule has 1 saturated heterocycles. The molecule has 254 valence electrons. The number of fused-ring (bicyclic) bond motifs is 2. The number of benzene rings is 1. The highest BCUT2D eigenvalue weighted by molar-refractivity contribution is 5.89. The van der Waals surface area contributed by atoms with Gasteiger partial charge in [-0.15, -0.1) is 0 Å². The Morgan fingerprint density at radius 1 is 0.978 bits per heavy atom. The van der Waals surface area contributed by atoms with Crippen LogP contribution in [-0.2, 0) is 33.2 Å². The Balaban J connectivity index is 1.46. The van der Waals surface area contributed by atoms with Gasteiger partial charge in [-0.3, -0.25) is 9.69 Å². The molecule has 0 amide bonds. The molecule has 7 rings (SSSR count). The van der Waals surface area contributed by atoms with Crippen molar-refractivity contribution >= 4 is 11.9 Å². The van der Waals surface area contributed by atoms with Crippen molar-refractivity contribution in [2.45, 2.75) is 81.2 Å². The zero-order valence-corrected chi connectivity index (χ0v) is 28.0. The lowest BCUT2D eigenvalue weighted by Crippen LogP contribution is -2.77. The molecule has 11 heteroatoms. The molecule has 6 aliphatic rings. The fraction of sp³-hybridized carbons (Fsp3) is 0.771. The number of hydrogen-bond donors (Lipinski definition) is 1. The van der Waals surface area contributed by atoms with E-state index in [1.54, 1.807) is 59.8 Å². The highest BCUT2D eigenvalue weighted by atomic mass is 16.6. The highest BCUT2D eigenvalue weighted by Gasteiger charge is 2.89. The van der Waals surface area contributed by atoms with Gasteiger partial charge in [-0.2, -0.15) is 0 Å². The topological polar surface area (TPSA) is 122 Å². The number of esters is 2. The van der Waals surface area contributed by atoms with Crippen LogP contribution < -0.4 is 4.74 Å². The summed E-state index contributed by atoms with van der Waals surface area (Å²) in [5.41, 5.74) is -3.03. The van der Waals surface area contributed by atoms with Crippen LogP contribution in [0, 0.1) is 34.5 Å². The second-order valence-corrected chi connectivity index (χ2v) is 14.6. The summed E-state index contributed by atoms with van der Waals surface area (Å²) in [5, 5.41) is 12.8. The first-order valence-electron chi connectivity index (χ1n) is 16.6. The van der Waals surface area contributed by atoms with Crippen LogP contribution in [0.1, 0.15) is 49.9 Å². The van der Waals surface area contributed by atoms with Gasteiger partial charge in [-0.25, -0.2) is 4.79 Å². The molecule has 13 atom stereocenters. The number of aliphatic hydroxyl groups is 1. The average Bonchev–Trinajstić information content (AvgIpc) is 3.42. The predicted molar refractivity (Wildman–Crippen MR) is 164 cm³/mol. The summed E-state index contributed by atoms with van der Waals surface area (Å²) in [6, 6.07) is 6.66. The van der Waals surface area contributed by atoms with Gasteiger partial charge in [0.1, 0.15) is 23.1 Å². The lowest BCUT2D eigenvalue weighted by Gasteiger charge is -2.69. The van der Waals surface area contributed by atoms with Crippen LogP contribution >= 0.6 is 0 Å². The third-order valence-electron chi connectivity index (χ3n) is 13.3. The van der Waals surface area contributed by atoms with Gasteiger partial charge in [-0.05, 0) is 56.0 Å². The molecule has 1 aliphatic heterocycles. The third-order valence-corrected chi connectivity index (χ3v) is 13.3. The molecule has 1 aromatic carbocycles. The van der Waals surface area contributed by atoms with Gasteiger partial charge < -0.3 is 38.3 Å². The smallest absolute Gasteiger partial charge is 0.338 e. The molecule has 1 spiro atoms. The number of hydrogen-bond acceptors (Lipinski definition) is 11. The van der Waals surface area contributed by atoms with Gasteiger partial charge in [0.05, 0.1) is 37.6 Å². The van der Waals surface area contributed by atoms with Crippen molar-refractivity contribution in [1.82, 2.24) is 4.90 Å². The minimum atomic E-state index is -1.51. The molecule has 11 nitrogen and oxygen atoms in total. The summed E-state index contributed by atoms with van der Waals surface area (Å²) < 4.78 is 43.6. The zero-order valence-electron chi connectivity index (χ0n) is 28.0. The van der Waals surface area contributed by atoms with E-state index in [0.717, 1.165) is 25.9 Å². The maximum absolute atomic E-state index is 13.9. The Morgan fingerprint density at radius 3 is 2.28 bits per heavy atom. The number of methoxy groups -OCH3 is 5. The fourth-order valence-corrected chi connectivity index (χ4v) is 12.4. The molecule has 0 aromatic heterocycles. The standard InChI is InChI=1S/C35H49NO10/c1-8-36-17-32(18-40-3)14-13-23(42-5)35-22-15-33(39)24(43-6)16-34(46-19(2)37,26(29(35)36)27(44-7)28(32)35)25(22)30(33)45-31(38)20-9-11-21(41-4)12-10-20/h9-12,22-30,39H,8,13-18H2,1-7H3/t22-,23-,24+,25-,26+,27-,28-,29-,30-,32+,33-,34+,35-/m0/s1. The van der Waals surface area contributed by atoms with E-state index in [1.165, 1.54) is 6.92 Å². The number of likely N-dealkylation sites (tertiary alicyclic amines) is 1. The van der Waals surface area contributed by atoms with Gasteiger partial charge in [0.25, 0.3) is 0 Å². The largest absolute Gasteiger partial charge is 0.497 e. The normalized spacial score (nSPS) is 46.6. The van der Waals surface area contributed by atoms with Crippen molar-refractivity contribution in [2.75, 3.05) is 55.2 Å². The average molecular weight is 644 g/mol. The molecule has 0 unspecified atom stereocenters. The monoisotopic (exact) mass is 643 g/mol. The maximum Gasteiger partial charge on any atom is 0.338 e. The number of carbonyl (C=O) groups excluding carboxylic acids is 2. The summed E-state index contributed by atoms with van der Waals surface area (Å²) in [6.07, 6.45) is 0.142. The SMILES string of the molecule is CCN1C[C@@]2(COC)CC[C@H](OC)[C@]34[C@@H]1[C@@H]([C@H](OC)[C@@H]23)[C@@]1(OC(C)=O)C[C@@H](OC)[C@@]2(O)C[C@H]4[C@H]1[C@@H]2OC(=O)c1ccc(OC)cc1. The summed E-state index contributed by atoms with van der Waals surface area (Å²) in [7, 11) is 8.44. The lowest BCUT2D eigenvalue weighted by molar-refractivity contribution is -0.287. The summed E-state index contributed by atoms with van der Waals surface area (Å²) >= 11 is 0. The Hall–Kier alpha value is -2.28. The first kappa shape index (κ1) is 32.3. The van der Waals surface area contributed by atoms with Crippen molar-refractivity contribution in [3.8, 4) is 5.75 Å². The summed E-state index contributed by atoms with van der Waals surface area (Å²) in [5.74, 6) is -1.38. The van der Waals surface area contributed by atoms with Crippen molar-refractivity contribution in [2.24, 2.45) is 34.5 Å². The predicted octanol–water partition coefficient (Wildman–Crippen LogP) is 2.72. The minimum Gasteiger partial charge on any atom is -0.497 e. The van der Waals surface area contributed by atoms with Crippen LogP contribution in [0.15, 0.2) is 24.3 Å². The Bertz CT molecular complexity index is 1360. The molecule has 1 heterocycles. The van der Waals surface area contributed by atoms with Crippen LogP contribution in [-0.4, -0.2) is 119 Å². The van der Waals surface area contributed by atoms with Crippen molar-refractivity contribution in [3.63, 3.8) is 0 Å². The molecule has 1 aromatic rings. The van der Waals surface area contributed by atoms with E-state index >= 15 is 0 Å². The van der Waals surface area contributed by atoms with Gasteiger partial charge in [0, 0.05) is 83.0 Å². The number of carbonyl (C=O) groups is 2. The van der Waals surface area contributed by atoms with E-state index in [2.05, 4.69) is 11.8 Å². The quantitative estimate of drug-likeness (QED) is 0.379. The second kappa shape index (κ2) is 11.1. The second-order valence-electron chi connectivity index (χ2n) is 14.6. The van der Waals surface area contributed by atoms with Gasteiger partial charge >= 0.3 is 11.9 Å². The summed E-state index contributed by atoms with van der Waals surface area (Å²) in [6.45, 7) is 5.80. The van der Waals surface area contributed by atoms with E-state index in [0.29, 0.717) is 24.3 Å². The van der Waals surface area contributed by atoms with Crippen LogP contribution in [0.3, 0.4) is 0 Å². The number of ether oxygens (including phenoxy) is 7. The lowest BCUT2D eigenvalue weighted by atomic mass is 9.43. The van der Waals surface area contributed by atoms with Gasteiger partial charge in [-0.1, -0.05) is 6.92 Å². The molecule has 6 fully saturated rings. The molecule has 5 aliphatic carbocycles. The van der Waals surface area contributed by atoms with Crippen molar-refractivity contribution in [3.05, 3.63) is 29.8 Å². The van der Waals surface area contributed by atoms with Crippen molar-refractivity contribution < 1.29 is 47.9 Å². The Labute approximate surface area is 271 Å². The van der Waals surface area contributed by atoms with E-state index in [-0.39, 0.29) is 47.8 Å². The Morgan fingerprint density at radius 2 is 1.70 bits per heavy atom. The highest BCUT2D eigenvalue weighted by Crippen LogP contribution is 2.80. The number of nitrogens with zero attached hydrogens (tertiary/aromatic N) is 1. The third kappa shape index (κ3) is 3.87. The first-order chi connectivity index (χ1) is 22.1. The molecular weight excluding hydrogens is 594 g/mol. The van der Waals surface area contributed by atoms with Crippen LogP contribution in [0.5, 0.6) is 5.75 Å². The van der Waals surface area contributed by atoms with Crippen LogP contribution in [0.25, 0.3) is 0 Å². The van der Waals surface area contributed by atoms with Crippen molar-refractivity contribution in [1.29, 1.82) is 0 Å². The fourth-order valence-electron chi connectivity index (χ4n) is 12.4. The Kier molecular flexibility index (Phi) is 7.81. The number of rotatable bonds is 10. The van der Waals surface area contributed by atoms with E-state index in [9.17, 15) is 14.7 Å². The molecule has 0 radical (unpaired) electrons. The number of piperidine rings is 1. The molecule has 46 heavy (non-hydrogen) atoms. The minimum absolute atomic E-state index is 0.00534. The maximum atomic E-state index is 13.9. The molecule has 7 bridgehead atoms. The van der Waals surface area contributed by atoms with Gasteiger partial charge in [0.15, 0.2) is 0 Å². The van der Waals surface area contributed by atoms with E-state index in [4.69, 9.17) is 33.2 Å². The first-order valence-corrected chi connectivity index (χ1v) is 16.6. The van der Waals surface area contributed by atoms with E-state index in [1.807, 2.05) is 0 Å². The molecule has 5 saturated carbocycles. The van der Waals surface area contributed by atoms with Crippen LogP contribution in [0.2, 0.25) is 0 Å². The van der Waals surface area contributed by atoms with Gasteiger partial charge in [0.2, 0.25) is 0 Å². The molecular formula is C35H49NO10. The zero-order chi connectivity index (χ0) is 32.8. The van der Waals surface area contributed by atoms with E-state index < -0.39 is 46.7 Å². The summed E-state index contributed by atoms with van der Waals surface area (Å²) in [4.78, 5) is 29.7.